The van der Waals surface area contributed by atoms with Crippen LogP contribution in [0.4, 0.5) is 0 Å². The number of nitrogens with zero attached hydrogens (tertiary/aromatic N) is 3. The molecule has 0 N–H and O–H groups in total. The highest BCUT2D eigenvalue weighted by Crippen LogP contribution is 2.26. The van der Waals surface area contributed by atoms with E-state index in [0.29, 0.717) is 36.7 Å². The summed E-state index contributed by atoms with van der Waals surface area (Å²) in [5, 5.41) is 0. The van der Waals surface area contributed by atoms with Crippen LogP contribution in [0.2, 0.25) is 0 Å². The van der Waals surface area contributed by atoms with Crippen molar-refractivity contribution in [2.75, 3.05) is 33.9 Å². The summed E-state index contributed by atoms with van der Waals surface area (Å²) in [4.78, 5) is 30.3. The minimum absolute atomic E-state index is 0.0281. The molecule has 2 amide bonds. The average Bonchev–Trinajstić information content (AvgIpc) is 3.18. The maximum Gasteiger partial charge on any atom is 0.258 e. The van der Waals surface area contributed by atoms with Gasteiger partial charge in [-0.05, 0) is 36.6 Å². The molecule has 0 fully saturated rings. The summed E-state index contributed by atoms with van der Waals surface area (Å²) in [6.45, 7) is 7.87. The van der Waals surface area contributed by atoms with Crippen molar-refractivity contribution < 1.29 is 19.1 Å². The highest BCUT2D eigenvalue weighted by molar-refractivity contribution is 5.99. The molecular formula is C25H37N3O4. The zero-order chi connectivity index (χ0) is 23.7. The quantitative estimate of drug-likeness (QED) is 0.498. The molecule has 2 rings (SSSR count). The Balaban J connectivity index is 2.26. The summed E-state index contributed by atoms with van der Waals surface area (Å²) in [5.41, 5.74) is 1.48. The largest absolute Gasteiger partial charge is 0.497 e. The van der Waals surface area contributed by atoms with Crippen LogP contribution >= 0.6 is 0 Å². The summed E-state index contributed by atoms with van der Waals surface area (Å²) in [7, 11) is 5.07. The third-order valence-corrected chi connectivity index (χ3v) is 5.38. The second-order valence-electron chi connectivity index (χ2n) is 8.43. The van der Waals surface area contributed by atoms with E-state index in [1.807, 2.05) is 48.7 Å². The van der Waals surface area contributed by atoms with Gasteiger partial charge in [0.25, 0.3) is 5.91 Å². The van der Waals surface area contributed by atoms with Crippen molar-refractivity contribution in [3.63, 3.8) is 0 Å². The molecule has 0 aliphatic rings. The van der Waals surface area contributed by atoms with Crippen LogP contribution in [0, 0.1) is 5.92 Å². The van der Waals surface area contributed by atoms with Crippen molar-refractivity contribution in [2.24, 2.45) is 13.0 Å². The molecule has 0 atom stereocenters. The second-order valence-corrected chi connectivity index (χ2v) is 8.43. The molecular weight excluding hydrogens is 406 g/mol. The van der Waals surface area contributed by atoms with Crippen LogP contribution in [0.3, 0.4) is 0 Å². The molecule has 1 aromatic carbocycles. The Hall–Kier alpha value is -2.96. The van der Waals surface area contributed by atoms with Gasteiger partial charge in [0.2, 0.25) is 5.91 Å². The molecule has 1 aromatic heterocycles. The van der Waals surface area contributed by atoms with Crippen LogP contribution in [-0.2, 0) is 18.4 Å². The molecule has 176 valence electrons. The number of aromatic nitrogens is 1. The minimum atomic E-state index is -0.221. The summed E-state index contributed by atoms with van der Waals surface area (Å²) in [5.74, 6) is 0.982. The number of amides is 2. The number of hydrogen-bond acceptors (Lipinski definition) is 4. The zero-order valence-corrected chi connectivity index (χ0v) is 20.3. The number of aryl methyl sites for hydroxylation is 1. The van der Waals surface area contributed by atoms with E-state index < -0.39 is 0 Å². The molecule has 0 aliphatic heterocycles. The van der Waals surface area contributed by atoms with Crippen molar-refractivity contribution in [2.45, 2.75) is 40.2 Å². The van der Waals surface area contributed by atoms with Gasteiger partial charge in [-0.3, -0.25) is 9.59 Å². The van der Waals surface area contributed by atoms with E-state index in [0.717, 1.165) is 18.5 Å². The van der Waals surface area contributed by atoms with E-state index in [-0.39, 0.29) is 24.3 Å². The molecule has 0 saturated heterocycles. The lowest BCUT2D eigenvalue weighted by Gasteiger charge is -2.29. The SMILES string of the molecule is CCCCN(Cc1cccn1C)C(=O)CN(CC(C)C)C(=O)c1ccc(OC)cc1OC. The predicted molar refractivity (Wildman–Crippen MR) is 126 cm³/mol. The highest BCUT2D eigenvalue weighted by atomic mass is 16.5. The average molecular weight is 444 g/mol. The van der Waals surface area contributed by atoms with Crippen molar-refractivity contribution in [1.29, 1.82) is 0 Å². The monoisotopic (exact) mass is 443 g/mol. The van der Waals surface area contributed by atoms with Crippen LogP contribution < -0.4 is 9.47 Å². The Morgan fingerprint density at radius 3 is 2.41 bits per heavy atom. The van der Waals surface area contributed by atoms with E-state index in [4.69, 9.17) is 9.47 Å². The summed E-state index contributed by atoms with van der Waals surface area (Å²) >= 11 is 0. The van der Waals surface area contributed by atoms with Crippen molar-refractivity contribution in [1.82, 2.24) is 14.4 Å². The van der Waals surface area contributed by atoms with Crippen molar-refractivity contribution in [3.8, 4) is 11.5 Å². The Labute approximate surface area is 191 Å². The molecule has 7 nitrogen and oxygen atoms in total. The lowest BCUT2D eigenvalue weighted by molar-refractivity contribution is -0.132. The molecule has 2 aromatic rings. The lowest BCUT2D eigenvalue weighted by Crippen LogP contribution is -2.44. The number of benzene rings is 1. The van der Waals surface area contributed by atoms with Crippen molar-refractivity contribution in [3.05, 3.63) is 47.8 Å². The Kier molecular flexibility index (Phi) is 9.62. The van der Waals surface area contributed by atoms with E-state index >= 15 is 0 Å². The molecule has 1 heterocycles. The topological polar surface area (TPSA) is 64.0 Å². The summed E-state index contributed by atoms with van der Waals surface area (Å²) < 4.78 is 12.7. The van der Waals surface area contributed by atoms with Gasteiger partial charge in [-0.1, -0.05) is 27.2 Å². The fourth-order valence-corrected chi connectivity index (χ4v) is 3.57. The van der Waals surface area contributed by atoms with Gasteiger partial charge in [-0.2, -0.15) is 0 Å². The van der Waals surface area contributed by atoms with E-state index in [1.54, 1.807) is 30.2 Å². The molecule has 32 heavy (non-hydrogen) atoms. The molecule has 0 unspecified atom stereocenters. The summed E-state index contributed by atoms with van der Waals surface area (Å²) in [6.07, 6.45) is 3.89. The number of methoxy groups -OCH3 is 2. The van der Waals surface area contributed by atoms with Crippen LogP contribution in [0.1, 0.15) is 49.7 Å². The Morgan fingerprint density at radius 2 is 1.84 bits per heavy atom. The molecule has 0 saturated carbocycles. The first-order chi connectivity index (χ1) is 15.3. The number of carbonyl (C=O) groups excluding carboxylic acids is 2. The second kappa shape index (κ2) is 12.2. The van der Waals surface area contributed by atoms with Gasteiger partial charge in [-0.25, -0.2) is 0 Å². The van der Waals surface area contributed by atoms with Crippen LogP contribution in [-0.4, -0.2) is 60.0 Å². The molecule has 0 bridgehead atoms. The highest BCUT2D eigenvalue weighted by Gasteiger charge is 2.25. The van der Waals surface area contributed by atoms with Crippen LogP contribution in [0.15, 0.2) is 36.5 Å². The molecule has 0 aliphatic carbocycles. The number of carbonyl (C=O) groups is 2. The lowest BCUT2D eigenvalue weighted by atomic mass is 10.1. The first kappa shape index (κ1) is 25.3. The van der Waals surface area contributed by atoms with Crippen LogP contribution in [0.5, 0.6) is 11.5 Å². The third kappa shape index (κ3) is 6.77. The Morgan fingerprint density at radius 1 is 1.09 bits per heavy atom. The van der Waals surface area contributed by atoms with Gasteiger partial charge in [-0.15, -0.1) is 0 Å². The zero-order valence-electron chi connectivity index (χ0n) is 20.3. The maximum absolute atomic E-state index is 13.4. The smallest absolute Gasteiger partial charge is 0.258 e. The van der Waals surface area contributed by atoms with Gasteiger partial charge < -0.3 is 23.8 Å². The minimum Gasteiger partial charge on any atom is -0.497 e. The first-order valence-corrected chi connectivity index (χ1v) is 11.2. The Bertz CT molecular complexity index is 891. The normalized spacial score (nSPS) is 10.8. The summed E-state index contributed by atoms with van der Waals surface area (Å²) in [6, 6.07) is 9.10. The fraction of sp³-hybridized carbons (Fsp3) is 0.520. The fourth-order valence-electron chi connectivity index (χ4n) is 3.57. The number of unbranched alkanes of at least 4 members (excludes halogenated alkanes) is 1. The van der Waals surface area contributed by atoms with E-state index in [9.17, 15) is 9.59 Å². The van der Waals surface area contributed by atoms with Gasteiger partial charge >= 0.3 is 0 Å². The number of rotatable bonds is 12. The molecule has 0 spiro atoms. The standard InChI is InChI=1S/C25H37N3O4/c1-7-8-14-27(17-20-10-9-13-26(20)4)24(29)18-28(16-19(2)3)25(30)22-12-11-21(31-5)15-23(22)32-6/h9-13,15,19H,7-8,14,16-18H2,1-6H3. The number of ether oxygens (including phenoxy) is 2. The van der Waals surface area contributed by atoms with Gasteiger partial charge in [0.05, 0.1) is 26.3 Å². The van der Waals surface area contributed by atoms with E-state index in [2.05, 4.69) is 6.92 Å². The maximum atomic E-state index is 13.4. The number of hydrogen-bond donors (Lipinski definition) is 0. The first-order valence-electron chi connectivity index (χ1n) is 11.2. The van der Waals surface area contributed by atoms with Crippen LogP contribution in [0.25, 0.3) is 0 Å². The molecule has 7 heteroatoms. The molecule has 0 radical (unpaired) electrons. The van der Waals surface area contributed by atoms with E-state index in [1.165, 1.54) is 7.11 Å². The van der Waals surface area contributed by atoms with Gasteiger partial charge in [0.1, 0.15) is 18.0 Å². The van der Waals surface area contributed by atoms with Gasteiger partial charge in [0, 0.05) is 38.1 Å². The predicted octanol–water partition coefficient (Wildman–Crippen LogP) is 3.97. The van der Waals surface area contributed by atoms with Crippen molar-refractivity contribution >= 4 is 11.8 Å². The van der Waals surface area contributed by atoms with Gasteiger partial charge in [0.15, 0.2) is 0 Å². The third-order valence-electron chi connectivity index (χ3n) is 5.38.